The van der Waals surface area contributed by atoms with Crippen molar-refractivity contribution in [1.29, 1.82) is 0 Å². The number of ether oxygens (including phenoxy) is 2. The van der Waals surface area contributed by atoms with Gasteiger partial charge in [0.2, 0.25) is 0 Å². The predicted molar refractivity (Wildman–Crippen MR) is 189 cm³/mol. The first-order valence-electron chi connectivity index (χ1n) is 18.7. The lowest BCUT2D eigenvalue weighted by Gasteiger charge is -2.18. The topological polar surface area (TPSA) is 119 Å². The molecule has 1 atom stereocenters. The summed E-state index contributed by atoms with van der Waals surface area (Å²) in [7, 11) is -4.76. The first kappa shape index (κ1) is 44.5. The second kappa shape index (κ2) is 33.4. The molecule has 0 fully saturated rings. The third-order valence-corrected chi connectivity index (χ3v) is 8.56. The van der Waals surface area contributed by atoms with Crippen LogP contribution in [-0.2, 0) is 28.2 Å². The van der Waals surface area contributed by atoms with Crippen LogP contribution in [0.15, 0.2) is 24.3 Å². The molecule has 0 aliphatic carbocycles. The maximum Gasteiger partial charge on any atom is 0.469 e. The third-order valence-electron chi connectivity index (χ3n) is 8.08. The molecule has 0 radical (unpaired) electrons. The minimum atomic E-state index is -4.76. The van der Waals surface area contributed by atoms with Crippen molar-refractivity contribution in [2.45, 2.75) is 187 Å². The van der Waals surface area contributed by atoms with E-state index in [1.54, 1.807) is 6.08 Å². The van der Waals surface area contributed by atoms with Crippen LogP contribution in [0.2, 0.25) is 0 Å². The molecule has 0 aliphatic rings. The lowest BCUT2D eigenvalue weighted by molar-refractivity contribution is -0.159. The molecular weight excluding hydrogens is 603 g/mol. The highest BCUT2D eigenvalue weighted by Gasteiger charge is 2.22. The lowest BCUT2D eigenvalue weighted by atomic mass is 10.0. The van der Waals surface area contributed by atoms with Gasteiger partial charge in [-0.25, -0.2) is 9.36 Å². The summed E-state index contributed by atoms with van der Waals surface area (Å²) >= 11 is 0. The number of carbonyl (C=O) groups excluding carboxylic acids is 2. The van der Waals surface area contributed by atoms with Gasteiger partial charge in [-0.2, -0.15) is 0 Å². The molecule has 0 heterocycles. The highest BCUT2D eigenvalue weighted by Crippen LogP contribution is 2.35. The van der Waals surface area contributed by atoms with Crippen LogP contribution < -0.4 is 0 Å². The molecule has 0 spiro atoms. The van der Waals surface area contributed by atoms with Gasteiger partial charge >= 0.3 is 19.8 Å². The molecule has 8 nitrogen and oxygen atoms in total. The summed E-state index contributed by atoms with van der Waals surface area (Å²) in [6.07, 6.45) is 36.7. The molecule has 46 heavy (non-hydrogen) atoms. The van der Waals surface area contributed by atoms with E-state index in [-0.39, 0.29) is 13.0 Å². The molecule has 0 aromatic carbocycles. The van der Waals surface area contributed by atoms with Crippen LogP contribution in [0.3, 0.4) is 0 Å². The van der Waals surface area contributed by atoms with Crippen LogP contribution in [-0.4, -0.2) is 41.0 Å². The summed E-state index contributed by atoms with van der Waals surface area (Å²) in [5.41, 5.74) is 0. The summed E-state index contributed by atoms with van der Waals surface area (Å²) in [5.74, 6) is -1.13. The van der Waals surface area contributed by atoms with Crippen molar-refractivity contribution >= 4 is 19.8 Å². The molecule has 0 saturated heterocycles. The second-order valence-corrected chi connectivity index (χ2v) is 13.9. The van der Waals surface area contributed by atoms with E-state index in [2.05, 4.69) is 18.4 Å². The zero-order valence-electron chi connectivity index (χ0n) is 29.5. The molecule has 0 rings (SSSR count). The number of hydrogen-bond acceptors (Lipinski definition) is 6. The van der Waals surface area contributed by atoms with Crippen LogP contribution in [0, 0.1) is 0 Å². The maximum absolute atomic E-state index is 12.3. The number of unbranched alkanes of at least 4 members (excludes halogenated alkanes) is 23. The normalized spacial score (nSPS) is 12.7. The van der Waals surface area contributed by atoms with Gasteiger partial charge in [0.05, 0.1) is 6.61 Å². The summed E-state index contributed by atoms with van der Waals surface area (Å²) in [6.45, 7) is 3.57. The lowest BCUT2D eigenvalue weighted by Crippen LogP contribution is -2.29. The predicted octanol–water partition coefficient (Wildman–Crippen LogP) is 10.8. The van der Waals surface area contributed by atoms with Gasteiger partial charge in [0.25, 0.3) is 0 Å². The van der Waals surface area contributed by atoms with Crippen LogP contribution in [0.5, 0.6) is 0 Å². The van der Waals surface area contributed by atoms with Gasteiger partial charge in [-0.05, 0) is 19.3 Å². The highest BCUT2D eigenvalue weighted by atomic mass is 31.2. The number of esters is 2. The van der Waals surface area contributed by atoms with Crippen molar-refractivity contribution in [3.05, 3.63) is 24.3 Å². The van der Waals surface area contributed by atoms with Crippen LogP contribution in [0.4, 0.5) is 0 Å². The summed E-state index contributed by atoms with van der Waals surface area (Å²) in [5, 5.41) is 0. The standard InChI is InChI=1S/C37H69O8P/c1-3-5-7-9-11-13-15-17-18-20-21-23-25-27-29-31-36(38)43-33-35(34-44-46(40,41)42)45-37(39)32-30-28-26-24-22-19-16-14-12-10-8-6-4-2/h25,27,29,31,35H,3-24,26,28,30,32-34H2,1-2H3,(H2,40,41,42)/b27-25+,31-29+/t35-/m1/s1. The van der Waals surface area contributed by atoms with Gasteiger partial charge in [-0.3, -0.25) is 9.32 Å². The monoisotopic (exact) mass is 672 g/mol. The van der Waals surface area contributed by atoms with Crippen molar-refractivity contribution in [1.82, 2.24) is 0 Å². The van der Waals surface area contributed by atoms with E-state index in [0.717, 1.165) is 32.1 Å². The first-order chi connectivity index (χ1) is 22.3. The zero-order valence-corrected chi connectivity index (χ0v) is 30.4. The number of carbonyl (C=O) groups is 2. The minimum Gasteiger partial charge on any atom is -0.458 e. The number of phosphoric ester groups is 1. The summed E-state index contributed by atoms with van der Waals surface area (Å²) < 4.78 is 26.1. The van der Waals surface area contributed by atoms with Gasteiger partial charge in [0.1, 0.15) is 6.61 Å². The Labute approximate surface area is 281 Å². The smallest absolute Gasteiger partial charge is 0.458 e. The van der Waals surface area contributed by atoms with Crippen molar-refractivity contribution in [3.63, 3.8) is 0 Å². The van der Waals surface area contributed by atoms with Gasteiger partial charge in [0.15, 0.2) is 6.10 Å². The Balaban J connectivity index is 4.06. The molecule has 270 valence electrons. The Hall–Kier alpha value is -1.47. The molecule has 0 bridgehead atoms. The molecule has 0 aliphatic heterocycles. The summed E-state index contributed by atoms with van der Waals surface area (Å²) in [6, 6.07) is 0. The number of hydrogen-bond donors (Lipinski definition) is 2. The Morgan fingerprint density at radius 1 is 0.609 bits per heavy atom. The molecular formula is C37H69O8P. The molecule has 0 amide bonds. The van der Waals surface area contributed by atoms with Crippen molar-refractivity contribution in [3.8, 4) is 0 Å². The van der Waals surface area contributed by atoms with Crippen LogP contribution in [0.1, 0.15) is 181 Å². The van der Waals surface area contributed by atoms with E-state index in [1.165, 1.54) is 128 Å². The van der Waals surface area contributed by atoms with Crippen LogP contribution in [0.25, 0.3) is 0 Å². The van der Waals surface area contributed by atoms with Gasteiger partial charge in [-0.15, -0.1) is 0 Å². The SMILES string of the molecule is CCCCCCCCCCCCC/C=C/C=C/C(=O)OC[C@H](COP(=O)(O)O)OC(=O)CCCCCCCCCCCCCCC. The van der Waals surface area contributed by atoms with Crippen molar-refractivity contribution < 1.29 is 37.9 Å². The average Bonchev–Trinajstić information content (AvgIpc) is 3.02. The highest BCUT2D eigenvalue weighted by molar-refractivity contribution is 7.46. The van der Waals surface area contributed by atoms with Gasteiger partial charge in [0, 0.05) is 12.5 Å². The van der Waals surface area contributed by atoms with Crippen molar-refractivity contribution in [2.75, 3.05) is 13.2 Å². The Morgan fingerprint density at radius 2 is 1.04 bits per heavy atom. The van der Waals surface area contributed by atoms with E-state index in [1.807, 2.05) is 12.2 Å². The second-order valence-electron chi connectivity index (χ2n) is 12.6. The van der Waals surface area contributed by atoms with E-state index in [4.69, 9.17) is 19.3 Å². The van der Waals surface area contributed by atoms with Crippen molar-refractivity contribution in [2.24, 2.45) is 0 Å². The fourth-order valence-corrected chi connectivity index (χ4v) is 5.65. The molecule has 2 N–H and O–H groups in total. The van der Waals surface area contributed by atoms with E-state index in [9.17, 15) is 14.2 Å². The zero-order chi connectivity index (χ0) is 34.0. The molecule has 0 saturated carbocycles. The average molecular weight is 673 g/mol. The first-order valence-corrected chi connectivity index (χ1v) is 20.2. The quantitative estimate of drug-likeness (QED) is 0.0228. The fraction of sp³-hybridized carbons (Fsp3) is 0.838. The van der Waals surface area contributed by atoms with E-state index >= 15 is 0 Å². The fourth-order valence-electron chi connectivity index (χ4n) is 5.29. The van der Waals surface area contributed by atoms with E-state index in [0.29, 0.717) is 6.42 Å². The van der Waals surface area contributed by atoms with Gasteiger partial charge < -0.3 is 19.3 Å². The Morgan fingerprint density at radius 3 is 1.50 bits per heavy atom. The molecule has 0 unspecified atom stereocenters. The molecule has 0 aromatic heterocycles. The number of rotatable bonds is 34. The van der Waals surface area contributed by atoms with Gasteiger partial charge in [-0.1, -0.05) is 173 Å². The third kappa shape index (κ3) is 35.4. The van der Waals surface area contributed by atoms with E-state index < -0.39 is 32.5 Å². The molecule has 0 aromatic rings. The maximum atomic E-state index is 12.3. The Kier molecular flexibility index (Phi) is 32.4. The summed E-state index contributed by atoms with van der Waals surface area (Å²) in [4.78, 5) is 42.5. The minimum absolute atomic E-state index is 0.196. The Bertz CT molecular complexity index is 807. The van der Waals surface area contributed by atoms with Crippen LogP contribution >= 0.6 is 7.82 Å². The molecule has 9 heteroatoms. The number of allylic oxidation sites excluding steroid dienone is 3. The largest absolute Gasteiger partial charge is 0.469 e. The number of phosphoric acid groups is 1.